The molecule has 14 heteroatoms. The van der Waals surface area contributed by atoms with Crippen molar-refractivity contribution >= 4 is 29.0 Å². The summed E-state index contributed by atoms with van der Waals surface area (Å²) in [6.45, 7) is 5.34. The molecule has 0 radical (unpaired) electrons. The lowest BCUT2D eigenvalue weighted by Crippen LogP contribution is -2.54. The van der Waals surface area contributed by atoms with Gasteiger partial charge in [0.15, 0.2) is 29.1 Å². The van der Waals surface area contributed by atoms with Gasteiger partial charge in [-0.2, -0.15) is 9.65 Å². The number of ether oxygens (including phenoxy) is 1. The molecule has 4 heterocycles. The number of aromatic nitrogens is 3. The number of rotatable bonds is 7. The second kappa shape index (κ2) is 12.7. The maximum Gasteiger partial charge on any atom is 0.254 e. The number of carbonyl (C=O) groups excluding carboxylic acids is 2. The minimum Gasteiger partial charge on any atom is -0.473 e. The van der Waals surface area contributed by atoms with Crippen molar-refractivity contribution in [2.45, 2.75) is 38.5 Å². The van der Waals surface area contributed by atoms with E-state index in [1.54, 1.807) is 32.5 Å². The Labute approximate surface area is 263 Å². The number of amides is 2. The number of nitrogens with zero attached hydrogens (tertiary/aromatic N) is 6. The molecule has 0 bridgehead atoms. The molecule has 2 aliphatic heterocycles. The number of aryl methyl sites for hydroxylation is 1. The van der Waals surface area contributed by atoms with Crippen LogP contribution >= 0.6 is 0 Å². The molecule has 0 spiro atoms. The van der Waals surface area contributed by atoms with Crippen molar-refractivity contribution in [3.05, 3.63) is 71.7 Å². The molecular formula is C32H32F2N8O4. The van der Waals surface area contributed by atoms with Crippen molar-refractivity contribution < 1.29 is 28.2 Å². The average Bonchev–Trinajstić information content (AvgIpc) is 3.70. The SMILES string of the molecule is Cc1cc(Nc2nccn3c(-c4ccc(OC(C)C#N)c(F)c4F)cnc23)ccc1C(=O)N1CCN(C(=O)[C@@H]2C[C@@H](O)CN2)CC1. The molecule has 3 N–H and O–H groups in total. The van der Waals surface area contributed by atoms with Crippen molar-refractivity contribution in [1.29, 1.82) is 5.26 Å². The number of hydrogen-bond donors (Lipinski definition) is 3. The van der Waals surface area contributed by atoms with E-state index in [1.165, 1.54) is 31.5 Å². The quantitative estimate of drug-likeness (QED) is 0.280. The van der Waals surface area contributed by atoms with Gasteiger partial charge in [0.05, 0.1) is 24.0 Å². The summed E-state index contributed by atoms with van der Waals surface area (Å²) in [5.74, 6) is -2.51. The first kappa shape index (κ1) is 30.9. The molecule has 0 aliphatic carbocycles. The highest BCUT2D eigenvalue weighted by Gasteiger charge is 2.33. The van der Waals surface area contributed by atoms with Crippen LogP contribution in [0.1, 0.15) is 29.3 Å². The van der Waals surface area contributed by atoms with Gasteiger partial charge in [0.25, 0.3) is 5.91 Å². The van der Waals surface area contributed by atoms with Gasteiger partial charge in [0, 0.05) is 61.9 Å². The Morgan fingerprint density at radius 1 is 1.13 bits per heavy atom. The first-order chi connectivity index (χ1) is 22.1. The van der Waals surface area contributed by atoms with E-state index in [4.69, 9.17) is 10.00 Å². The summed E-state index contributed by atoms with van der Waals surface area (Å²) in [6, 6.07) is 9.36. The van der Waals surface area contributed by atoms with E-state index >= 15 is 4.39 Å². The van der Waals surface area contributed by atoms with Crippen LogP contribution in [0.5, 0.6) is 5.75 Å². The van der Waals surface area contributed by atoms with Crippen LogP contribution in [0, 0.1) is 29.9 Å². The van der Waals surface area contributed by atoms with Crippen LogP contribution in [0.25, 0.3) is 16.9 Å². The van der Waals surface area contributed by atoms with Crippen molar-refractivity contribution in [2.24, 2.45) is 0 Å². The minimum atomic E-state index is -1.20. The topological polar surface area (TPSA) is 148 Å². The van der Waals surface area contributed by atoms with Crippen LogP contribution in [0.2, 0.25) is 0 Å². The lowest BCUT2D eigenvalue weighted by atomic mass is 10.1. The summed E-state index contributed by atoms with van der Waals surface area (Å²) in [5, 5.41) is 24.9. The monoisotopic (exact) mass is 630 g/mol. The molecule has 2 amide bonds. The van der Waals surface area contributed by atoms with E-state index < -0.39 is 23.8 Å². The predicted molar refractivity (Wildman–Crippen MR) is 163 cm³/mol. The maximum atomic E-state index is 15.1. The van der Waals surface area contributed by atoms with Gasteiger partial charge in [-0.3, -0.25) is 14.0 Å². The van der Waals surface area contributed by atoms with E-state index in [0.717, 1.165) is 5.56 Å². The number of hydrogen-bond acceptors (Lipinski definition) is 9. The summed E-state index contributed by atoms with van der Waals surface area (Å²) < 4.78 is 36.6. The standard InChI is InChI=1S/C32H32F2N8O4/c1-18-13-20(3-4-22(18)31(44)40-9-11-41(12-10-40)32(45)24-14-21(43)16-37-24)39-29-30-38-17-25(42(30)8-7-36-29)23-5-6-26(28(34)27(23)33)46-19(2)15-35/h3-8,13,17,19,21,24,37,43H,9-12,14,16H2,1-2H3,(H,36,39)/t19?,21-,24+/m1/s1. The van der Waals surface area contributed by atoms with Gasteiger partial charge in [-0.1, -0.05) is 0 Å². The number of halogens is 2. The Balaban J connectivity index is 1.15. The minimum absolute atomic E-state index is 0.0444. The molecule has 6 rings (SSSR count). The number of fused-ring (bicyclic) bond motifs is 1. The molecule has 3 atom stereocenters. The number of piperazine rings is 1. The number of nitriles is 1. The normalized spacial score (nSPS) is 18.8. The molecule has 2 aliphatic rings. The number of β-amino-alcohol motifs (C(OH)–C–C–N with tert-alkyl or cyclic N) is 1. The Morgan fingerprint density at radius 3 is 2.59 bits per heavy atom. The summed E-state index contributed by atoms with van der Waals surface area (Å²) in [4.78, 5) is 38.4. The molecule has 0 saturated carbocycles. The molecule has 2 saturated heterocycles. The zero-order valence-electron chi connectivity index (χ0n) is 25.2. The molecule has 2 aromatic carbocycles. The first-order valence-corrected chi connectivity index (χ1v) is 14.9. The third-order valence-electron chi connectivity index (χ3n) is 8.24. The van der Waals surface area contributed by atoms with Gasteiger partial charge in [0.2, 0.25) is 11.7 Å². The first-order valence-electron chi connectivity index (χ1n) is 14.9. The molecule has 2 fully saturated rings. The molecule has 4 aromatic rings. The summed E-state index contributed by atoms with van der Waals surface area (Å²) >= 11 is 0. The van der Waals surface area contributed by atoms with Gasteiger partial charge >= 0.3 is 0 Å². The number of nitrogens with one attached hydrogen (secondary N) is 2. The summed E-state index contributed by atoms with van der Waals surface area (Å²) in [6.07, 6.45) is 3.42. The number of anilines is 2. The zero-order chi connectivity index (χ0) is 32.5. The van der Waals surface area contributed by atoms with E-state index in [9.17, 15) is 19.1 Å². The highest BCUT2D eigenvalue weighted by atomic mass is 19.2. The van der Waals surface area contributed by atoms with Gasteiger partial charge in [-0.05, 0) is 56.2 Å². The maximum absolute atomic E-state index is 15.1. The fourth-order valence-corrected chi connectivity index (χ4v) is 5.79. The second-order valence-electron chi connectivity index (χ2n) is 11.4. The Hall–Kier alpha value is -5.13. The average molecular weight is 631 g/mol. The smallest absolute Gasteiger partial charge is 0.254 e. The van der Waals surface area contributed by atoms with Crippen LogP contribution in [0.15, 0.2) is 48.9 Å². The van der Waals surface area contributed by atoms with Gasteiger partial charge in [-0.15, -0.1) is 0 Å². The zero-order valence-corrected chi connectivity index (χ0v) is 25.2. The molecule has 238 valence electrons. The lowest BCUT2D eigenvalue weighted by Gasteiger charge is -2.36. The molecular weight excluding hydrogens is 598 g/mol. The number of aliphatic hydroxyl groups excluding tert-OH is 1. The number of imidazole rings is 1. The number of aliphatic hydroxyl groups is 1. The third kappa shape index (κ3) is 5.94. The van der Waals surface area contributed by atoms with E-state index in [0.29, 0.717) is 61.9 Å². The Bertz CT molecular complexity index is 1850. The summed E-state index contributed by atoms with van der Waals surface area (Å²) in [5.41, 5.74) is 2.52. The van der Waals surface area contributed by atoms with E-state index in [1.807, 2.05) is 19.1 Å². The third-order valence-corrected chi connectivity index (χ3v) is 8.24. The fourth-order valence-electron chi connectivity index (χ4n) is 5.79. The predicted octanol–water partition coefficient (Wildman–Crippen LogP) is 3.02. The van der Waals surface area contributed by atoms with Gasteiger partial charge in [0.1, 0.15) is 6.07 Å². The van der Waals surface area contributed by atoms with Gasteiger partial charge < -0.3 is 30.3 Å². The van der Waals surface area contributed by atoms with Crippen LogP contribution in [-0.2, 0) is 4.79 Å². The number of carbonyl (C=O) groups is 2. The molecule has 46 heavy (non-hydrogen) atoms. The van der Waals surface area contributed by atoms with Crippen molar-refractivity contribution in [3.63, 3.8) is 0 Å². The largest absolute Gasteiger partial charge is 0.473 e. The fraction of sp³-hybridized carbons (Fsp3) is 0.344. The summed E-state index contributed by atoms with van der Waals surface area (Å²) in [7, 11) is 0. The van der Waals surface area contributed by atoms with Crippen LogP contribution in [0.3, 0.4) is 0 Å². The second-order valence-corrected chi connectivity index (χ2v) is 11.4. The van der Waals surface area contributed by atoms with E-state index in [2.05, 4.69) is 20.6 Å². The molecule has 2 aromatic heterocycles. The van der Waals surface area contributed by atoms with Crippen molar-refractivity contribution in [1.82, 2.24) is 29.5 Å². The van der Waals surface area contributed by atoms with Crippen LogP contribution in [-0.4, -0.2) is 92.1 Å². The van der Waals surface area contributed by atoms with Crippen LogP contribution in [0.4, 0.5) is 20.3 Å². The van der Waals surface area contributed by atoms with E-state index in [-0.39, 0.29) is 34.9 Å². The number of benzene rings is 2. The molecule has 1 unspecified atom stereocenters. The van der Waals surface area contributed by atoms with Gasteiger partial charge in [-0.25, -0.2) is 14.4 Å². The Morgan fingerprint density at radius 2 is 1.89 bits per heavy atom. The Kier molecular flexibility index (Phi) is 8.53. The molecule has 12 nitrogen and oxygen atoms in total. The van der Waals surface area contributed by atoms with Crippen LogP contribution < -0.4 is 15.4 Å². The highest BCUT2D eigenvalue weighted by molar-refractivity contribution is 5.96. The lowest BCUT2D eigenvalue weighted by molar-refractivity contribution is -0.134. The van der Waals surface area contributed by atoms with Crippen molar-refractivity contribution in [2.75, 3.05) is 38.0 Å². The highest BCUT2D eigenvalue weighted by Crippen LogP contribution is 2.32. The van der Waals surface area contributed by atoms with Crippen molar-refractivity contribution in [3.8, 4) is 23.1 Å².